The third kappa shape index (κ3) is 7.70. The average Bonchev–Trinajstić information content (AvgIpc) is 2.41. The smallest absolute Gasteiger partial charge is 0.208 e. The SMILES string of the molecule is CN1CCCC(NCCCNS(C)(=O)=O)CC1. The predicted octanol–water partition coefficient (Wildman–Crippen LogP) is -0.000400. The molecule has 0 amide bonds. The molecule has 5 nitrogen and oxygen atoms in total. The first-order valence-electron chi connectivity index (χ1n) is 6.34. The lowest BCUT2D eigenvalue weighted by Crippen LogP contribution is -2.33. The Morgan fingerprint density at radius 2 is 2.00 bits per heavy atom. The van der Waals surface area contributed by atoms with Crippen LogP contribution in [0.3, 0.4) is 0 Å². The highest BCUT2D eigenvalue weighted by Gasteiger charge is 2.13. The highest BCUT2D eigenvalue weighted by molar-refractivity contribution is 7.88. The molecule has 1 aliphatic heterocycles. The average molecular weight is 263 g/mol. The van der Waals surface area contributed by atoms with Gasteiger partial charge in [-0.15, -0.1) is 0 Å². The van der Waals surface area contributed by atoms with Crippen molar-refractivity contribution in [3.63, 3.8) is 0 Å². The second kappa shape index (κ2) is 7.31. The van der Waals surface area contributed by atoms with Gasteiger partial charge in [-0.2, -0.15) is 0 Å². The molecule has 102 valence electrons. The fourth-order valence-electron chi connectivity index (χ4n) is 2.10. The lowest BCUT2D eigenvalue weighted by molar-refractivity contribution is 0.343. The van der Waals surface area contributed by atoms with E-state index in [0.29, 0.717) is 12.6 Å². The third-order valence-corrected chi connectivity index (χ3v) is 3.83. The van der Waals surface area contributed by atoms with Gasteiger partial charge in [0.1, 0.15) is 0 Å². The van der Waals surface area contributed by atoms with Gasteiger partial charge in [-0.1, -0.05) is 0 Å². The van der Waals surface area contributed by atoms with Gasteiger partial charge >= 0.3 is 0 Å². The van der Waals surface area contributed by atoms with E-state index in [-0.39, 0.29) is 0 Å². The predicted molar refractivity (Wildman–Crippen MR) is 70.6 cm³/mol. The van der Waals surface area contributed by atoms with Crippen LogP contribution in [-0.4, -0.2) is 58.8 Å². The maximum absolute atomic E-state index is 10.8. The highest BCUT2D eigenvalue weighted by atomic mass is 32.2. The molecule has 1 saturated heterocycles. The summed E-state index contributed by atoms with van der Waals surface area (Å²) in [5.74, 6) is 0. The van der Waals surface area contributed by atoms with E-state index in [1.807, 2.05) is 0 Å². The van der Waals surface area contributed by atoms with Crippen molar-refractivity contribution in [2.24, 2.45) is 0 Å². The summed E-state index contributed by atoms with van der Waals surface area (Å²) < 4.78 is 24.2. The van der Waals surface area contributed by atoms with Crippen molar-refractivity contribution < 1.29 is 8.42 Å². The summed E-state index contributed by atoms with van der Waals surface area (Å²) in [5, 5.41) is 3.51. The van der Waals surface area contributed by atoms with E-state index in [2.05, 4.69) is 22.0 Å². The number of hydrogen-bond acceptors (Lipinski definition) is 4. The largest absolute Gasteiger partial charge is 0.314 e. The number of rotatable bonds is 6. The molecule has 1 atom stereocenters. The van der Waals surface area contributed by atoms with Crippen LogP contribution in [0.5, 0.6) is 0 Å². The Bertz CT molecular complexity index is 306. The van der Waals surface area contributed by atoms with E-state index in [4.69, 9.17) is 0 Å². The van der Waals surface area contributed by atoms with Gasteiger partial charge < -0.3 is 10.2 Å². The summed E-state index contributed by atoms with van der Waals surface area (Å²) in [6.07, 6.45) is 5.70. The van der Waals surface area contributed by atoms with Crippen LogP contribution in [-0.2, 0) is 10.0 Å². The van der Waals surface area contributed by atoms with Crippen LogP contribution >= 0.6 is 0 Å². The summed E-state index contributed by atoms with van der Waals surface area (Å²) in [7, 11) is -0.862. The van der Waals surface area contributed by atoms with Crippen LogP contribution in [0.1, 0.15) is 25.7 Å². The van der Waals surface area contributed by atoms with Gasteiger partial charge in [-0.05, 0) is 52.4 Å². The van der Waals surface area contributed by atoms with Crippen molar-refractivity contribution in [3.05, 3.63) is 0 Å². The molecule has 1 aliphatic rings. The molecule has 0 bridgehead atoms. The Balaban J connectivity index is 2.06. The minimum atomic E-state index is -3.03. The lowest BCUT2D eigenvalue weighted by Gasteiger charge is -2.16. The van der Waals surface area contributed by atoms with Crippen LogP contribution < -0.4 is 10.0 Å². The number of hydrogen-bond donors (Lipinski definition) is 2. The summed E-state index contributed by atoms with van der Waals surface area (Å²) in [6.45, 7) is 3.75. The number of nitrogens with one attached hydrogen (secondary N) is 2. The van der Waals surface area contributed by atoms with Crippen LogP contribution in [0.2, 0.25) is 0 Å². The van der Waals surface area contributed by atoms with Gasteiger partial charge in [-0.25, -0.2) is 13.1 Å². The Morgan fingerprint density at radius 1 is 1.24 bits per heavy atom. The normalized spacial score (nSPS) is 23.5. The van der Waals surface area contributed by atoms with Crippen molar-refractivity contribution in [1.82, 2.24) is 14.9 Å². The van der Waals surface area contributed by atoms with Gasteiger partial charge in [0.15, 0.2) is 0 Å². The number of nitrogens with zero attached hydrogens (tertiary/aromatic N) is 1. The topological polar surface area (TPSA) is 61.4 Å². The molecule has 1 unspecified atom stereocenters. The second-order valence-corrected chi connectivity index (χ2v) is 6.74. The quantitative estimate of drug-likeness (QED) is 0.662. The molecule has 2 N–H and O–H groups in total. The standard InChI is InChI=1S/C11H25N3O2S/c1-14-9-3-5-11(6-10-14)12-7-4-8-13-17(2,15)16/h11-13H,3-10H2,1-2H3. The Kier molecular flexibility index (Phi) is 6.40. The van der Waals surface area contributed by atoms with E-state index in [1.165, 1.54) is 32.1 Å². The summed E-state index contributed by atoms with van der Waals surface area (Å²) in [4.78, 5) is 2.37. The van der Waals surface area contributed by atoms with Crippen molar-refractivity contribution >= 4 is 10.0 Å². The summed E-state index contributed by atoms with van der Waals surface area (Å²) in [6, 6.07) is 0.596. The molecule has 0 radical (unpaired) electrons. The zero-order chi connectivity index (χ0) is 12.7. The molecule has 0 aromatic heterocycles. The van der Waals surface area contributed by atoms with Crippen molar-refractivity contribution in [2.75, 3.05) is 39.5 Å². The first-order valence-corrected chi connectivity index (χ1v) is 8.23. The maximum Gasteiger partial charge on any atom is 0.208 e. The lowest BCUT2D eigenvalue weighted by atomic mass is 10.1. The van der Waals surface area contributed by atoms with Crippen molar-refractivity contribution in [3.8, 4) is 0 Å². The molecule has 0 aromatic rings. The molecule has 1 rings (SSSR count). The van der Waals surface area contributed by atoms with E-state index >= 15 is 0 Å². The minimum Gasteiger partial charge on any atom is -0.314 e. The molecule has 0 aliphatic carbocycles. The molecule has 0 spiro atoms. The van der Waals surface area contributed by atoms with Crippen LogP contribution in [0, 0.1) is 0 Å². The molecule has 0 saturated carbocycles. The first-order chi connectivity index (χ1) is 7.97. The Hall–Kier alpha value is -0.170. The third-order valence-electron chi connectivity index (χ3n) is 3.10. The van der Waals surface area contributed by atoms with E-state index in [0.717, 1.165) is 19.5 Å². The zero-order valence-electron chi connectivity index (χ0n) is 10.9. The van der Waals surface area contributed by atoms with Gasteiger partial charge in [0.2, 0.25) is 10.0 Å². The first kappa shape index (κ1) is 14.9. The fourth-order valence-corrected chi connectivity index (χ4v) is 2.61. The number of sulfonamides is 1. The zero-order valence-corrected chi connectivity index (χ0v) is 11.7. The van der Waals surface area contributed by atoms with Gasteiger partial charge in [0.25, 0.3) is 0 Å². The van der Waals surface area contributed by atoms with Gasteiger partial charge in [-0.3, -0.25) is 0 Å². The molecule has 1 fully saturated rings. The Morgan fingerprint density at radius 3 is 2.71 bits per heavy atom. The van der Waals surface area contributed by atoms with Crippen molar-refractivity contribution in [2.45, 2.75) is 31.7 Å². The fraction of sp³-hybridized carbons (Fsp3) is 1.00. The van der Waals surface area contributed by atoms with E-state index in [1.54, 1.807) is 0 Å². The minimum absolute atomic E-state index is 0.526. The molecule has 17 heavy (non-hydrogen) atoms. The van der Waals surface area contributed by atoms with Crippen molar-refractivity contribution in [1.29, 1.82) is 0 Å². The number of likely N-dealkylation sites (tertiary alicyclic amines) is 1. The molecular formula is C11H25N3O2S. The van der Waals surface area contributed by atoms with Crippen LogP contribution in [0.4, 0.5) is 0 Å². The molecular weight excluding hydrogens is 238 g/mol. The molecule has 0 aromatic carbocycles. The monoisotopic (exact) mass is 263 g/mol. The van der Waals surface area contributed by atoms with Crippen LogP contribution in [0.15, 0.2) is 0 Å². The molecule has 6 heteroatoms. The van der Waals surface area contributed by atoms with E-state index < -0.39 is 10.0 Å². The van der Waals surface area contributed by atoms with Gasteiger partial charge in [0.05, 0.1) is 6.26 Å². The van der Waals surface area contributed by atoms with E-state index in [9.17, 15) is 8.42 Å². The second-order valence-electron chi connectivity index (χ2n) is 4.91. The Labute approximate surface area is 105 Å². The molecule has 1 heterocycles. The van der Waals surface area contributed by atoms with Crippen LogP contribution in [0.25, 0.3) is 0 Å². The van der Waals surface area contributed by atoms with Gasteiger partial charge in [0, 0.05) is 12.6 Å². The maximum atomic E-state index is 10.8. The highest BCUT2D eigenvalue weighted by Crippen LogP contribution is 2.09. The summed E-state index contributed by atoms with van der Waals surface area (Å²) >= 11 is 0. The summed E-state index contributed by atoms with van der Waals surface area (Å²) in [5.41, 5.74) is 0.